The smallest absolute Gasteiger partial charge is 0.280 e. The number of hydrogen-bond acceptors (Lipinski definition) is 5. The van der Waals surface area contributed by atoms with E-state index in [-0.39, 0.29) is 12.3 Å². The Morgan fingerprint density at radius 3 is 3.07 bits per heavy atom. The Labute approximate surface area is 89.8 Å². The minimum absolute atomic E-state index is 0.0307. The third-order valence-corrected chi connectivity index (χ3v) is 3.54. The topological polar surface area (TPSA) is 45.1 Å². The van der Waals surface area contributed by atoms with Gasteiger partial charge in [-0.05, 0) is 6.08 Å². The highest BCUT2D eigenvalue weighted by Crippen LogP contribution is 2.44. The van der Waals surface area contributed by atoms with Crippen molar-refractivity contribution in [3.63, 3.8) is 0 Å². The van der Waals surface area contributed by atoms with E-state index in [1.165, 1.54) is 15.3 Å². The third kappa shape index (κ3) is 1.26. The standard InChI is InChI=1S/C8H6NO3S2/c10-6-4-9(13)14-7-1-2-8(11-12-8)3-5(6)7/h1,3H,2,4H2/q+1. The molecule has 0 radical (unpaired) electrons. The van der Waals surface area contributed by atoms with Crippen LogP contribution in [-0.2, 0) is 27.0 Å². The molecule has 0 N–H and O–H groups in total. The molecule has 72 valence electrons. The van der Waals surface area contributed by atoms with Gasteiger partial charge in [-0.3, -0.25) is 4.79 Å². The average molecular weight is 228 g/mol. The Bertz CT molecular complexity index is 409. The summed E-state index contributed by atoms with van der Waals surface area (Å²) in [4.78, 5) is 22.2. The van der Waals surface area contributed by atoms with Crippen LogP contribution in [0.2, 0.25) is 0 Å². The molecule has 1 aliphatic carbocycles. The summed E-state index contributed by atoms with van der Waals surface area (Å²) in [6.45, 7) is 0.263. The molecular formula is C8H6NO3S2+. The lowest BCUT2D eigenvalue weighted by Gasteiger charge is -2.15. The molecule has 0 aromatic carbocycles. The second-order valence-electron chi connectivity index (χ2n) is 3.31. The summed E-state index contributed by atoms with van der Waals surface area (Å²) in [5.41, 5.74) is 0.680. The van der Waals surface area contributed by atoms with E-state index in [1.807, 2.05) is 6.08 Å². The summed E-state index contributed by atoms with van der Waals surface area (Å²) in [7, 11) is 0. The van der Waals surface area contributed by atoms with Crippen LogP contribution in [0.25, 0.3) is 0 Å². The molecule has 0 amide bonds. The molecule has 1 spiro atoms. The first-order valence-electron chi connectivity index (χ1n) is 4.15. The highest BCUT2D eigenvalue weighted by molar-refractivity contribution is 7.99. The predicted molar refractivity (Wildman–Crippen MR) is 50.8 cm³/mol. The molecule has 2 aliphatic heterocycles. The monoisotopic (exact) mass is 228 g/mol. The summed E-state index contributed by atoms with van der Waals surface area (Å²) in [6.07, 6.45) is 4.33. The number of allylic oxidation sites excluding steroid dienone is 1. The van der Waals surface area contributed by atoms with Gasteiger partial charge in [0, 0.05) is 12.0 Å². The summed E-state index contributed by atoms with van der Waals surface area (Å²) in [6, 6.07) is 0. The normalized spacial score (nSPS) is 28.3. The fraction of sp³-hybridized carbons (Fsp3) is 0.375. The first kappa shape index (κ1) is 8.72. The maximum atomic E-state index is 11.6. The minimum Gasteiger partial charge on any atom is -0.287 e. The fourth-order valence-electron chi connectivity index (χ4n) is 1.51. The number of fused-ring (bicyclic) bond motifs is 1. The molecule has 0 bridgehead atoms. The molecule has 0 atom stereocenters. The van der Waals surface area contributed by atoms with E-state index in [4.69, 9.17) is 22.2 Å². The average Bonchev–Trinajstić information content (AvgIpc) is 2.87. The fourth-order valence-corrected chi connectivity index (χ4v) is 2.70. The van der Waals surface area contributed by atoms with Gasteiger partial charge in [0.2, 0.25) is 24.3 Å². The van der Waals surface area contributed by atoms with Gasteiger partial charge in [0.15, 0.2) is 0 Å². The zero-order valence-electron chi connectivity index (χ0n) is 7.06. The molecule has 3 rings (SSSR count). The van der Waals surface area contributed by atoms with E-state index in [1.54, 1.807) is 6.08 Å². The maximum absolute atomic E-state index is 11.6. The summed E-state index contributed by atoms with van der Waals surface area (Å²) in [5.74, 6) is -0.609. The number of carbonyl (C=O) groups is 1. The number of hydrogen-bond donors (Lipinski definition) is 0. The highest BCUT2D eigenvalue weighted by Gasteiger charge is 2.50. The van der Waals surface area contributed by atoms with Crippen LogP contribution in [0.1, 0.15) is 6.42 Å². The van der Waals surface area contributed by atoms with E-state index in [2.05, 4.69) is 0 Å². The molecule has 2 heterocycles. The maximum Gasteiger partial charge on any atom is 0.280 e. The van der Waals surface area contributed by atoms with Gasteiger partial charge in [-0.15, -0.1) is 0 Å². The lowest BCUT2D eigenvalue weighted by molar-refractivity contribution is -0.301. The van der Waals surface area contributed by atoms with Crippen molar-refractivity contribution in [3.05, 3.63) is 22.6 Å². The predicted octanol–water partition coefficient (Wildman–Crippen LogP) is 0.832. The number of rotatable bonds is 0. The van der Waals surface area contributed by atoms with Gasteiger partial charge in [-0.1, -0.05) is 9.43 Å². The summed E-state index contributed by atoms with van der Waals surface area (Å²) < 4.78 is 1.51. The first-order valence-corrected chi connectivity index (χ1v) is 5.28. The van der Waals surface area contributed by atoms with Crippen LogP contribution in [0, 0.1) is 0 Å². The van der Waals surface area contributed by atoms with E-state index in [0.717, 1.165) is 4.91 Å². The number of Topliss-reactive ketones (excluding diaryl/α,β-unsaturated/α-hetero) is 1. The SMILES string of the molecule is O=C1C[N+](=S)SC2=CCC3(C=C12)OO3. The molecule has 0 saturated carbocycles. The van der Waals surface area contributed by atoms with Crippen LogP contribution in [-0.4, -0.2) is 21.5 Å². The quantitative estimate of drug-likeness (QED) is 0.266. The molecule has 2 fully saturated rings. The van der Waals surface area contributed by atoms with Gasteiger partial charge < -0.3 is 0 Å². The van der Waals surface area contributed by atoms with Gasteiger partial charge in [-0.2, -0.15) is 9.78 Å². The van der Waals surface area contributed by atoms with Crippen LogP contribution in [0.3, 0.4) is 0 Å². The molecule has 6 heteroatoms. The van der Waals surface area contributed by atoms with Crippen molar-refractivity contribution < 1.29 is 17.9 Å². The second-order valence-corrected chi connectivity index (χ2v) is 5.05. The Balaban J connectivity index is 2.00. The van der Waals surface area contributed by atoms with Crippen molar-refractivity contribution in [2.24, 2.45) is 0 Å². The molecule has 3 aliphatic rings. The number of carbonyl (C=O) groups excluding carboxylic acids is 1. The Morgan fingerprint density at radius 1 is 1.57 bits per heavy atom. The van der Waals surface area contributed by atoms with E-state index in [0.29, 0.717) is 12.0 Å². The Kier molecular flexibility index (Phi) is 1.70. The van der Waals surface area contributed by atoms with E-state index in [9.17, 15) is 4.79 Å². The van der Waals surface area contributed by atoms with Crippen molar-refractivity contribution in [2.45, 2.75) is 12.2 Å². The molecular weight excluding hydrogens is 222 g/mol. The number of nitrogens with zero attached hydrogens (tertiary/aromatic N) is 1. The van der Waals surface area contributed by atoms with Crippen LogP contribution >= 0.6 is 11.9 Å². The van der Waals surface area contributed by atoms with Gasteiger partial charge in [0.1, 0.15) is 0 Å². The molecule has 0 unspecified atom stereocenters. The first-order chi connectivity index (χ1) is 6.69. The molecule has 0 aromatic rings. The van der Waals surface area contributed by atoms with E-state index >= 15 is 0 Å². The van der Waals surface area contributed by atoms with Crippen molar-refractivity contribution >= 4 is 30.2 Å². The molecule has 14 heavy (non-hydrogen) atoms. The minimum atomic E-state index is -0.640. The molecule has 0 aromatic heterocycles. The summed E-state index contributed by atoms with van der Waals surface area (Å²) in [5, 5.41) is 0. The van der Waals surface area contributed by atoms with Crippen LogP contribution in [0.4, 0.5) is 0 Å². The van der Waals surface area contributed by atoms with Gasteiger partial charge in [0.05, 0.1) is 4.91 Å². The lowest BCUT2D eigenvalue weighted by atomic mass is 9.99. The lowest BCUT2D eigenvalue weighted by Crippen LogP contribution is -2.26. The van der Waals surface area contributed by atoms with Crippen LogP contribution in [0.5, 0.6) is 0 Å². The third-order valence-electron chi connectivity index (χ3n) is 2.27. The second kappa shape index (κ2) is 2.73. The summed E-state index contributed by atoms with van der Waals surface area (Å²) >= 11 is 6.36. The van der Waals surface area contributed by atoms with Gasteiger partial charge in [-0.25, -0.2) is 0 Å². The van der Waals surface area contributed by atoms with Crippen molar-refractivity contribution in [1.29, 1.82) is 0 Å². The van der Waals surface area contributed by atoms with Gasteiger partial charge in [0.25, 0.3) is 18.2 Å². The zero-order valence-corrected chi connectivity index (χ0v) is 8.69. The Morgan fingerprint density at radius 2 is 2.36 bits per heavy atom. The zero-order chi connectivity index (χ0) is 9.76. The molecule has 4 nitrogen and oxygen atoms in total. The van der Waals surface area contributed by atoms with Crippen molar-refractivity contribution in [2.75, 3.05) is 6.54 Å². The number of ketones is 1. The molecule has 2 saturated heterocycles. The van der Waals surface area contributed by atoms with Crippen molar-refractivity contribution in [3.8, 4) is 0 Å². The van der Waals surface area contributed by atoms with Crippen LogP contribution < -0.4 is 0 Å². The van der Waals surface area contributed by atoms with Crippen LogP contribution in [0.15, 0.2) is 22.6 Å². The Hall–Kier alpha value is -0.560. The largest absolute Gasteiger partial charge is 0.287 e. The van der Waals surface area contributed by atoms with E-state index < -0.39 is 5.79 Å². The highest BCUT2D eigenvalue weighted by atomic mass is 32.2. The van der Waals surface area contributed by atoms with Crippen molar-refractivity contribution in [1.82, 2.24) is 0 Å². The van der Waals surface area contributed by atoms with Gasteiger partial charge >= 0.3 is 0 Å².